The van der Waals surface area contributed by atoms with Crippen molar-refractivity contribution in [2.45, 2.75) is 32.7 Å². The largest absolute Gasteiger partial charge is 0.310 e. The van der Waals surface area contributed by atoms with Gasteiger partial charge in [-0.05, 0) is 55.6 Å². The molecule has 0 aliphatic rings. The second kappa shape index (κ2) is 7.71. The van der Waals surface area contributed by atoms with Crippen molar-refractivity contribution in [3.8, 4) is 0 Å². The number of aryl methyl sites for hydroxylation is 1. The number of hydrogen-bond donors (Lipinski definition) is 1. The van der Waals surface area contributed by atoms with Gasteiger partial charge < -0.3 is 5.32 Å². The van der Waals surface area contributed by atoms with Gasteiger partial charge in [-0.2, -0.15) is 0 Å². The molecular formula is C18H21BrFN. The minimum atomic E-state index is -0.124. The summed E-state index contributed by atoms with van der Waals surface area (Å²) in [4.78, 5) is 0. The number of nitrogens with one attached hydrogen (secondary N) is 1. The van der Waals surface area contributed by atoms with E-state index in [2.05, 4.69) is 40.3 Å². The molecule has 0 bridgehead atoms. The second-order valence-corrected chi connectivity index (χ2v) is 6.28. The van der Waals surface area contributed by atoms with E-state index in [1.54, 1.807) is 6.07 Å². The number of hydrogen-bond acceptors (Lipinski definition) is 1. The van der Waals surface area contributed by atoms with Crippen LogP contribution in [-0.2, 0) is 6.42 Å². The fourth-order valence-electron chi connectivity index (χ4n) is 2.38. The van der Waals surface area contributed by atoms with Crippen molar-refractivity contribution >= 4 is 15.9 Å². The van der Waals surface area contributed by atoms with Crippen molar-refractivity contribution in [3.05, 3.63) is 69.4 Å². The average Bonchev–Trinajstić information content (AvgIpc) is 2.46. The lowest BCUT2D eigenvalue weighted by molar-refractivity contribution is 0.496. The third-order valence-electron chi connectivity index (χ3n) is 3.53. The van der Waals surface area contributed by atoms with Gasteiger partial charge in [0.15, 0.2) is 0 Å². The summed E-state index contributed by atoms with van der Waals surface area (Å²) in [6.45, 7) is 4.92. The Morgan fingerprint density at radius 3 is 2.48 bits per heavy atom. The van der Waals surface area contributed by atoms with Crippen LogP contribution in [0, 0.1) is 12.7 Å². The van der Waals surface area contributed by atoms with Gasteiger partial charge in [0.25, 0.3) is 0 Å². The van der Waals surface area contributed by atoms with E-state index in [0.717, 1.165) is 35.0 Å². The molecule has 112 valence electrons. The lowest BCUT2D eigenvalue weighted by atomic mass is 9.97. The van der Waals surface area contributed by atoms with E-state index in [1.165, 1.54) is 5.56 Å². The van der Waals surface area contributed by atoms with Gasteiger partial charge in [0.1, 0.15) is 5.82 Å². The molecule has 0 radical (unpaired) electrons. The Balaban J connectivity index is 2.22. The van der Waals surface area contributed by atoms with Gasteiger partial charge in [-0.15, -0.1) is 0 Å². The molecule has 1 nitrogen and oxygen atoms in total. The normalized spacial score (nSPS) is 12.4. The lowest BCUT2D eigenvalue weighted by Gasteiger charge is -2.20. The topological polar surface area (TPSA) is 12.0 Å². The molecular weight excluding hydrogens is 329 g/mol. The fourth-order valence-corrected chi connectivity index (χ4v) is 2.65. The van der Waals surface area contributed by atoms with Crippen LogP contribution in [0.25, 0.3) is 0 Å². The first-order valence-electron chi connectivity index (χ1n) is 7.34. The number of rotatable bonds is 6. The first kappa shape index (κ1) is 16.2. The highest BCUT2D eigenvalue weighted by molar-refractivity contribution is 9.10. The van der Waals surface area contributed by atoms with Crippen molar-refractivity contribution < 1.29 is 4.39 Å². The van der Waals surface area contributed by atoms with Gasteiger partial charge in [0.2, 0.25) is 0 Å². The van der Waals surface area contributed by atoms with Crippen LogP contribution < -0.4 is 5.32 Å². The van der Waals surface area contributed by atoms with Gasteiger partial charge >= 0.3 is 0 Å². The molecule has 0 aromatic heterocycles. The van der Waals surface area contributed by atoms with Gasteiger partial charge in [0.05, 0.1) is 0 Å². The lowest BCUT2D eigenvalue weighted by Crippen LogP contribution is -2.25. The quantitative estimate of drug-likeness (QED) is 0.757. The second-order valence-electron chi connectivity index (χ2n) is 5.36. The monoisotopic (exact) mass is 349 g/mol. The van der Waals surface area contributed by atoms with Gasteiger partial charge in [0, 0.05) is 16.1 Å². The van der Waals surface area contributed by atoms with E-state index in [4.69, 9.17) is 0 Å². The molecule has 0 spiro atoms. The van der Waals surface area contributed by atoms with E-state index in [0.29, 0.717) is 0 Å². The Morgan fingerprint density at radius 2 is 1.86 bits per heavy atom. The van der Waals surface area contributed by atoms with Crippen LogP contribution in [0.4, 0.5) is 4.39 Å². The molecule has 2 aromatic carbocycles. The summed E-state index contributed by atoms with van der Waals surface area (Å²) in [5, 5.41) is 3.46. The van der Waals surface area contributed by atoms with E-state index >= 15 is 0 Å². The Labute approximate surface area is 134 Å². The Hall–Kier alpha value is -1.19. The maximum Gasteiger partial charge on any atom is 0.128 e. The molecule has 1 unspecified atom stereocenters. The highest BCUT2D eigenvalue weighted by Crippen LogP contribution is 2.23. The zero-order valence-corrected chi connectivity index (χ0v) is 14.1. The van der Waals surface area contributed by atoms with Crippen molar-refractivity contribution in [2.24, 2.45) is 0 Å². The van der Waals surface area contributed by atoms with Crippen LogP contribution in [0.2, 0.25) is 0 Å². The summed E-state index contributed by atoms with van der Waals surface area (Å²) >= 11 is 3.44. The SMILES string of the molecule is CCCNC(Cc1ccc(Br)cc1)c1ccc(C)cc1F. The summed E-state index contributed by atoms with van der Waals surface area (Å²) in [5.74, 6) is -0.124. The molecule has 0 amide bonds. The summed E-state index contributed by atoms with van der Waals surface area (Å²) in [6, 6.07) is 13.7. The zero-order valence-electron chi connectivity index (χ0n) is 12.5. The average molecular weight is 350 g/mol. The minimum absolute atomic E-state index is 0.00623. The van der Waals surface area contributed by atoms with Crippen molar-refractivity contribution in [3.63, 3.8) is 0 Å². The Bertz CT molecular complexity index is 580. The third kappa shape index (κ3) is 4.65. The molecule has 0 saturated carbocycles. The molecule has 1 N–H and O–H groups in total. The molecule has 3 heteroatoms. The van der Waals surface area contributed by atoms with E-state index < -0.39 is 0 Å². The third-order valence-corrected chi connectivity index (χ3v) is 4.05. The highest BCUT2D eigenvalue weighted by Gasteiger charge is 2.15. The van der Waals surface area contributed by atoms with Gasteiger partial charge in [-0.3, -0.25) is 0 Å². The number of halogens is 2. The van der Waals surface area contributed by atoms with Crippen LogP contribution >= 0.6 is 15.9 Å². The van der Waals surface area contributed by atoms with Crippen LogP contribution in [0.1, 0.15) is 36.1 Å². The van der Waals surface area contributed by atoms with E-state index in [9.17, 15) is 4.39 Å². The number of benzene rings is 2. The standard InChI is InChI=1S/C18H21BrFN/c1-3-10-21-18(12-14-5-7-15(19)8-6-14)16-9-4-13(2)11-17(16)20/h4-9,11,18,21H,3,10,12H2,1-2H3. The fraction of sp³-hybridized carbons (Fsp3) is 0.333. The zero-order chi connectivity index (χ0) is 15.2. The summed E-state index contributed by atoms with van der Waals surface area (Å²) in [6.07, 6.45) is 1.82. The maximum atomic E-state index is 14.2. The molecule has 0 fully saturated rings. The summed E-state index contributed by atoms with van der Waals surface area (Å²) in [5.41, 5.74) is 2.90. The van der Waals surface area contributed by atoms with E-state index in [1.807, 2.05) is 31.2 Å². The first-order chi connectivity index (χ1) is 10.1. The molecule has 0 heterocycles. The molecule has 2 rings (SSSR count). The highest BCUT2D eigenvalue weighted by atomic mass is 79.9. The summed E-state index contributed by atoms with van der Waals surface area (Å²) < 4.78 is 15.3. The Morgan fingerprint density at radius 1 is 1.14 bits per heavy atom. The minimum Gasteiger partial charge on any atom is -0.310 e. The van der Waals surface area contributed by atoms with Gasteiger partial charge in [-0.25, -0.2) is 4.39 Å². The van der Waals surface area contributed by atoms with Crippen molar-refractivity contribution in [2.75, 3.05) is 6.54 Å². The molecule has 0 aliphatic heterocycles. The van der Waals surface area contributed by atoms with E-state index in [-0.39, 0.29) is 11.9 Å². The first-order valence-corrected chi connectivity index (χ1v) is 8.13. The molecule has 1 atom stereocenters. The van der Waals surface area contributed by atoms with Crippen LogP contribution in [0.5, 0.6) is 0 Å². The van der Waals surface area contributed by atoms with Crippen molar-refractivity contribution in [1.29, 1.82) is 0 Å². The molecule has 21 heavy (non-hydrogen) atoms. The molecule has 0 aliphatic carbocycles. The van der Waals surface area contributed by atoms with Crippen LogP contribution in [0.3, 0.4) is 0 Å². The maximum absolute atomic E-state index is 14.2. The van der Waals surface area contributed by atoms with Crippen molar-refractivity contribution in [1.82, 2.24) is 5.32 Å². The smallest absolute Gasteiger partial charge is 0.128 e. The van der Waals surface area contributed by atoms with Crippen LogP contribution in [-0.4, -0.2) is 6.54 Å². The summed E-state index contributed by atoms with van der Waals surface area (Å²) in [7, 11) is 0. The molecule has 2 aromatic rings. The Kier molecular flexibility index (Phi) is 5.95. The van der Waals surface area contributed by atoms with Gasteiger partial charge in [-0.1, -0.05) is 47.1 Å². The van der Waals surface area contributed by atoms with Crippen LogP contribution in [0.15, 0.2) is 46.9 Å². The predicted octanol–water partition coefficient (Wildman–Crippen LogP) is 5.18. The molecule has 0 saturated heterocycles. The predicted molar refractivity (Wildman–Crippen MR) is 90.0 cm³/mol.